The molecule has 1 aromatic rings. The van der Waals surface area contributed by atoms with Crippen molar-refractivity contribution in [2.45, 2.75) is 26.2 Å². The predicted molar refractivity (Wildman–Crippen MR) is 76.1 cm³/mol. The van der Waals surface area contributed by atoms with Crippen molar-refractivity contribution in [3.05, 3.63) is 29.6 Å². The molecule has 0 aliphatic rings. The molecule has 1 aromatic carbocycles. The van der Waals surface area contributed by atoms with Crippen LogP contribution in [-0.4, -0.2) is 27.3 Å². The first-order valence-corrected chi connectivity index (χ1v) is 8.36. The van der Waals surface area contributed by atoms with Crippen LogP contribution in [0, 0.1) is 17.5 Å². The molecule has 1 rings (SSSR count). The maximum Gasteiger partial charge on any atom is 0.232 e. The van der Waals surface area contributed by atoms with E-state index in [0.29, 0.717) is 31.5 Å². The smallest absolute Gasteiger partial charge is 0.232 e. The average Bonchev–Trinajstić information content (AvgIpc) is 2.40. The van der Waals surface area contributed by atoms with Gasteiger partial charge in [-0.2, -0.15) is 0 Å². The van der Waals surface area contributed by atoms with Gasteiger partial charge in [-0.15, -0.1) is 0 Å². The summed E-state index contributed by atoms with van der Waals surface area (Å²) in [7, 11) is -3.79. The minimum absolute atomic E-state index is 0.209. The number of nitrogens with one attached hydrogen (secondary N) is 2. The van der Waals surface area contributed by atoms with Crippen molar-refractivity contribution >= 4 is 15.7 Å². The Morgan fingerprint density at radius 1 is 1.00 bits per heavy atom. The van der Waals surface area contributed by atoms with Crippen LogP contribution in [0.25, 0.3) is 0 Å². The van der Waals surface area contributed by atoms with E-state index >= 15 is 0 Å². The Kier molecular flexibility index (Phi) is 6.97. The number of anilines is 1. The fourth-order valence-corrected chi connectivity index (χ4v) is 2.84. The molecule has 0 unspecified atom stereocenters. The Bertz CT molecular complexity index is 565. The quantitative estimate of drug-likeness (QED) is 0.542. The van der Waals surface area contributed by atoms with Crippen LogP contribution in [-0.2, 0) is 10.0 Å². The van der Waals surface area contributed by atoms with Gasteiger partial charge in [0, 0.05) is 12.1 Å². The van der Waals surface area contributed by atoms with E-state index in [1.165, 1.54) is 0 Å². The van der Waals surface area contributed by atoms with Gasteiger partial charge >= 0.3 is 0 Å². The lowest BCUT2D eigenvalue weighted by atomic mass is 10.3. The van der Waals surface area contributed by atoms with Gasteiger partial charge in [-0.05, 0) is 32.4 Å². The van der Waals surface area contributed by atoms with Crippen LogP contribution in [0.1, 0.15) is 26.2 Å². The summed E-state index contributed by atoms with van der Waals surface area (Å²) in [5.41, 5.74) is -0.585. The lowest BCUT2D eigenvalue weighted by molar-refractivity contribution is 0.496. The summed E-state index contributed by atoms with van der Waals surface area (Å²) in [6.07, 6.45) is 2.04. The summed E-state index contributed by atoms with van der Waals surface area (Å²) in [4.78, 5) is 0. The zero-order valence-corrected chi connectivity index (χ0v) is 12.6. The van der Waals surface area contributed by atoms with E-state index in [9.17, 15) is 21.6 Å². The largest absolute Gasteiger partial charge is 0.317 e. The SMILES string of the molecule is CCCNCCCCS(=O)(=O)Nc1cc(F)c(F)cc1F. The van der Waals surface area contributed by atoms with Crippen LogP contribution in [0.4, 0.5) is 18.9 Å². The fraction of sp³-hybridized carbons (Fsp3) is 0.538. The van der Waals surface area contributed by atoms with Crippen molar-refractivity contribution in [1.82, 2.24) is 5.32 Å². The maximum atomic E-state index is 13.3. The first-order chi connectivity index (χ1) is 9.85. The number of sulfonamides is 1. The molecular weight excluding hydrogens is 305 g/mol. The third kappa shape index (κ3) is 6.34. The van der Waals surface area contributed by atoms with Crippen LogP contribution in [0.2, 0.25) is 0 Å². The van der Waals surface area contributed by atoms with Gasteiger partial charge in [0.05, 0.1) is 11.4 Å². The van der Waals surface area contributed by atoms with Crippen LogP contribution >= 0.6 is 0 Å². The highest BCUT2D eigenvalue weighted by Crippen LogP contribution is 2.19. The zero-order valence-electron chi connectivity index (χ0n) is 11.8. The average molecular weight is 324 g/mol. The molecule has 0 radical (unpaired) electrons. The van der Waals surface area contributed by atoms with Gasteiger partial charge < -0.3 is 5.32 Å². The number of hydrogen-bond acceptors (Lipinski definition) is 3. The molecule has 2 N–H and O–H groups in total. The highest BCUT2D eigenvalue weighted by atomic mass is 32.2. The van der Waals surface area contributed by atoms with Gasteiger partial charge in [-0.1, -0.05) is 6.92 Å². The Hall–Kier alpha value is -1.28. The summed E-state index contributed by atoms with van der Waals surface area (Å²) >= 11 is 0. The van der Waals surface area contributed by atoms with E-state index in [4.69, 9.17) is 0 Å². The normalized spacial score (nSPS) is 11.6. The molecular formula is C13H19F3N2O2S. The minimum atomic E-state index is -3.79. The number of hydrogen-bond donors (Lipinski definition) is 2. The summed E-state index contributed by atoms with van der Waals surface area (Å²) in [6, 6.07) is 0.798. The predicted octanol–water partition coefficient (Wildman–Crippen LogP) is 2.63. The lowest BCUT2D eigenvalue weighted by Crippen LogP contribution is -2.20. The van der Waals surface area contributed by atoms with Gasteiger partial charge in [-0.25, -0.2) is 21.6 Å². The fourth-order valence-electron chi connectivity index (χ4n) is 1.66. The molecule has 0 atom stereocenters. The van der Waals surface area contributed by atoms with Crippen molar-refractivity contribution in [3.63, 3.8) is 0 Å². The number of unbranched alkanes of at least 4 members (excludes halogenated alkanes) is 1. The van der Waals surface area contributed by atoms with E-state index in [0.717, 1.165) is 13.0 Å². The minimum Gasteiger partial charge on any atom is -0.317 e. The Morgan fingerprint density at radius 3 is 2.33 bits per heavy atom. The Morgan fingerprint density at radius 2 is 1.67 bits per heavy atom. The second-order valence-corrected chi connectivity index (χ2v) is 6.47. The number of rotatable bonds is 9. The van der Waals surface area contributed by atoms with Crippen LogP contribution in [0.5, 0.6) is 0 Å². The van der Waals surface area contributed by atoms with Crippen LogP contribution < -0.4 is 10.0 Å². The highest BCUT2D eigenvalue weighted by molar-refractivity contribution is 7.92. The molecule has 0 saturated carbocycles. The molecule has 0 amide bonds. The van der Waals surface area contributed by atoms with Crippen molar-refractivity contribution in [3.8, 4) is 0 Å². The molecule has 0 saturated heterocycles. The highest BCUT2D eigenvalue weighted by Gasteiger charge is 2.16. The third-order valence-corrected chi connectivity index (χ3v) is 4.08. The van der Waals surface area contributed by atoms with E-state index in [1.807, 2.05) is 11.6 Å². The second-order valence-electron chi connectivity index (χ2n) is 4.62. The van der Waals surface area contributed by atoms with Crippen molar-refractivity contribution in [2.75, 3.05) is 23.6 Å². The summed E-state index contributed by atoms with van der Waals surface area (Å²) in [5, 5.41) is 3.13. The summed E-state index contributed by atoms with van der Waals surface area (Å²) in [5.74, 6) is -4.03. The van der Waals surface area contributed by atoms with E-state index in [1.54, 1.807) is 0 Å². The summed E-state index contributed by atoms with van der Waals surface area (Å²) in [6.45, 7) is 3.59. The lowest BCUT2D eigenvalue weighted by Gasteiger charge is -2.09. The molecule has 8 heteroatoms. The first kappa shape index (κ1) is 17.8. The van der Waals surface area contributed by atoms with Crippen LogP contribution in [0.3, 0.4) is 0 Å². The van der Waals surface area contributed by atoms with Crippen molar-refractivity contribution in [2.24, 2.45) is 0 Å². The molecule has 4 nitrogen and oxygen atoms in total. The van der Waals surface area contributed by atoms with Gasteiger partial charge in [0.2, 0.25) is 10.0 Å². The zero-order chi connectivity index (χ0) is 15.9. The van der Waals surface area contributed by atoms with Gasteiger partial charge in [0.1, 0.15) is 5.82 Å². The molecule has 0 aromatic heterocycles. The van der Waals surface area contributed by atoms with Crippen molar-refractivity contribution < 1.29 is 21.6 Å². The molecule has 0 fully saturated rings. The second kappa shape index (κ2) is 8.23. The van der Waals surface area contributed by atoms with E-state index in [-0.39, 0.29) is 5.75 Å². The number of halogens is 3. The number of benzene rings is 1. The molecule has 0 spiro atoms. The Balaban J connectivity index is 2.51. The first-order valence-electron chi connectivity index (χ1n) is 6.71. The monoisotopic (exact) mass is 324 g/mol. The van der Waals surface area contributed by atoms with Gasteiger partial charge in [0.25, 0.3) is 0 Å². The Labute approximate surface area is 122 Å². The maximum absolute atomic E-state index is 13.3. The molecule has 0 bridgehead atoms. The van der Waals surface area contributed by atoms with Gasteiger partial charge in [0.15, 0.2) is 11.6 Å². The van der Waals surface area contributed by atoms with E-state index in [2.05, 4.69) is 5.32 Å². The van der Waals surface area contributed by atoms with Crippen molar-refractivity contribution in [1.29, 1.82) is 0 Å². The van der Waals surface area contributed by atoms with Crippen LogP contribution in [0.15, 0.2) is 12.1 Å². The third-order valence-electron chi connectivity index (χ3n) is 2.72. The molecule has 0 aliphatic carbocycles. The molecule has 21 heavy (non-hydrogen) atoms. The molecule has 0 heterocycles. The summed E-state index contributed by atoms with van der Waals surface area (Å²) < 4.78 is 64.4. The topological polar surface area (TPSA) is 58.2 Å². The van der Waals surface area contributed by atoms with E-state index < -0.39 is 33.2 Å². The van der Waals surface area contributed by atoms with Gasteiger partial charge in [-0.3, -0.25) is 4.72 Å². The molecule has 120 valence electrons. The molecule has 0 aliphatic heterocycles. The standard InChI is InChI=1S/C13H19F3N2O2S/c1-2-5-17-6-3-4-7-21(19,20)18-13-9-11(15)10(14)8-12(13)16/h8-9,17-18H,2-7H2,1H3.